The zero-order valence-electron chi connectivity index (χ0n) is 49.9. The number of unbranched alkanes of at least 4 members (excludes halogenated alkanes) is 24. The fourth-order valence-electron chi connectivity index (χ4n) is 8.48. The molecule has 0 spiro atoms. The normalized spacial score (nSPS) is 13.0. The maximum Gasteiger partial charge on any atom is 0.309 e. The second kappa shape index (κ2) is 64.1. The Bertz CT molecular complexity index is 1650. The van der Waals surface area contributed by atoms with E-state index in [1.165, 1.54) is 128 Å². The molecular formula is C71H116O6. The van der Waals surface area contributed by atoms with E-state index in [1.54, 1.807) is 6.08 Å². The van der Waals surface area contributed by atoms with Crippen molar-refractivity contribution >= 4 is 17.9 Å². The lowest BCUT2D eigenvalue weighted by molar-refractivity contribution is -0.166. The van der Waals surface area contributed by atoms with Crippen LogP contribution in [0.15, 0.2) is 134 Å². The van der Waals surface area contributed by atoms with Gasteiger partial charge in [-0.25, -0.2) is 0 Å². The molecule has 0 aliphatic heterocycles. The predicted molar refractivity (Wildman–Crippen MR) is 334 cm³/mol. The second-order valence-corrected chi connectivity index (χ2v) is 20.6. The van der Waals surface area contributed by atoms with Gasteiger partial charge >= 0.3 is 17.9 Å². The third-order valence-corrected chi connectivity index (χ3v) is 13.2. The Labute approximate surface area is 475 Å². The van der Waals surface area contributed by atoms with Gasteiger partial charge in [0.1, 0.15) is 13.2 Å². The summed E-state index contributed by atoms with van der Waals surface area (Å²) in [5.41, 5.74) is 0. The van der Waals surface area contributed by atoms with E-state index < -0.39 is 12.1 Å². The molecule has 1 atom stereocenters. The fraction of sp³-hybridized carbons (Fsp3) is 0.648. The van der Waals surface area contributed by atoms with Gasteiger partial charge in [0.15, 0.2) is 6.10 Å². The molecule has 6 nitrogen and oxygen atoms in total. The molecule has 0 amide bonds. The zero-order chi connectivity index (χ0) is 55.7. The van der Waals surface area contributed by atoms with E-state index in [-0.39, 0.29) is 31.6 Å². The quantitative estimate of drug-likeness (QED) is 0.0261. The molecule has 0 radical (unpaired) electrons. The molecular weight excluding hydrogens is 949 g/mol. The third kappa shape index (κ3) is 62.3. The molecule has 0 saturated heterocycles. The first-order chi connectivity index (χ1) is 38.0. The van der Waals surface area contributed by atoms with Crippen molar-refractivity contribution in [2.24, 2.45) is 0 Å². The van der Waals surface area contributed by atoms with E-state index in [1.807, 2.05) is 6.08 Å². The van der Waals surface area contributed by atoms with Crippen LogP contribution >= 0.6 is 0 Å². The first-order valence-corrected chi connectivity index (χ1v) is 31.7. The van der Waals surface area contributed by atoms with Crippen LogP contribution in [-0.4, -0.2) is 37.2 Å². The van der Waals surface area contributed by atoms with E-state index in [4.69, 9.17) is 14.2 Å². The van der Waals surface area contributed by atoms with Gasteiger partial charge in [0.25, 0.3) is 0 Å². The molecule has 0 aromatic heterocycles. The van der Waals surface area contributed by atoms with Crippen LogP contribution in [0.1, 0.15) is 278 Å². The number of allylic oxidation sites excluding steroid dienone is 21. The second-order valence-electron chi connectivity index (χ2n) is 20.6. The molecule has 0 N–H and O–H groups in total. The van der Waals surface area contributed by atoms with Crippen molar-refractivity contribution in [2.45, 2.75) is 284 Å². The summed E-state index contributed by atoms with van der Waals surface area (Å²) < 4.78 is 16.8. The van der Waals surface area contributed by atoms with E-state index in [0.717, 1.165) is 109 Å². The minimum atomic E-state index is -0.827. The van der Waals surface area contributed by atoms with Crippen molar-refractivity contribution < 1.29 is 28.6 Å². The Morgan fingerprint density at radius 1 is 0.286 bits per heavy atom. The number of ether oxygens (including phenoxy) is 3. The molecule has 0 fully saturated rings. The SMILES string of the molecule is CC/C=C\C/C=C\C/C=C\C/C=C\C/C=C\CCCCCCCCCCCC(=O)OCC(COC(=O)C/C=C\C/C=C\C/C=C\C/C=C\C/C=C\CC)OC(=O)CCCCCCCCCCC/C=C\CCCCCCCC. The lowest BCUT2D eigenvalue weighted by Gasteiger charge is -2.18. The zero-order valence-corrected chi connectivity index (χ0v) is 49.9. The monoisotopic (exact) mass is 1060 g/mol. The van der Waals surface area contributed by atoms with Crippen molar-refractivity contribution in [3.63, 3.8) is 0 Å². The van der Waals surface area contributed by atoms with Gasteiger partial charge in [-0.15, -0.1) is 0 Å². The summed E-state index contributed by atoms with van der Waals surface area (Å²) in [5, 5.41) is 0. The van der Waals surface area contributed by atoms with E-state index in [0.29, 0.717) is 12.8 Å². The summed E-state index contributed by atoms with van der Waals surface area (Å²) in [6, 6.07) is 0. The van der Waals surface area contributed by atoms with Crippen LogP contribution in [0.2, 0.25) is 0 Å². The average molecular weight is 1070 g/mol. The molecule has 0 bridgehead atoms. The highest BCUT2D eigenvalue weighted by molar-refractivity contribution is 5.72. The van der Waals surface area contributed by atoms with Gasteiger partial charge in [-0.05, 0) is 116 Å². The highest BCUT2D eigenvalue weighted by atomic mass is 16.6. The van der Waals surface area contributed by atoms with Gasteiger partial charge in [0, 0.05) is 12.8 Å². The summed E-state index contributed by atoms with van der Waals surface area (Å²) >= 11 is 0. The smallest absolute Gasteiger partial charge is 0.309 e. The number of carbonyl (C=O) groups excluding carboxylic acids is 3. The lowest BCUT2D eigenvalue weighted by Crippen LogP contribution is -2.30. The van der Waals surface area contributed by atoms with Crippen LogP contribution in [0.25, 0.3) is 0 Å². The highest BCUT2D eigenvalue weighted by Gasteiger charge is 2.19. The van der Waals surface area contributed by atoms with Crippen molar-refractivity contribution in [1.82, 2.24) is 0 Å². The summed E-state index contributed by atoms with van der Waals surface area (Å²) in [7, 11) is 0. The van der Waals surface area contributed by atoms with Gasteiger partial charge < -0.3 is 14.2 Å². The summed E-state index contributed by atoms with van der Waals surface area (Å²) in [6.07, 6.45) is 90.5. The van der Waals surface area contributed by atoms with Crippen molar-refractivity contribution in [2.75, 3.05) is 13.2 Å². The standard InChI is InChI=1S/C71H116O6/c1-4-7-10-13-16-19-22-25-28-30-32-33-34-35-36-37-39-40-43-46-49-52-55-58-61-64-70(73)76-67-68(66-75-69(72)63-60-57-54-51-48-45-42-27-24-21-18-15-12-9-6-3)77-71(74)65-62-59-56-53-50-47-44-41-38-31-29-26-23-20-17-14-11-8-5-2/h7,9-10,12,16,18-19,21,25-29,32-33,35-36,42,48,51,57,60,68H,4-6,8,11,13-15,17,20,22-24,30-31,34,37-41,43-47,49-50,52-56,58-59,61-67H2,1-3H3/b10-7-,12-9-,19-16-,21-18-,28-25-,29-26-,33-32-,36-35-,42-27-,51-48-,60-57-. The Morgan fingerprint density at radius 2 is 0.558 bits per heavy atom. The molecule has 0 heterocycles. The van der Waals surface area contributed by atoms with Crippen LogP contribution in [0.4, 0.5) is 0 Å². The summed E-state index contributed by atoms with van der Waals surface area (Å²) in [5.74, 6) is -1.05. The number of rotatable bonds is 56. The molecule has 0 aliphatic rings. The van der Waals surface area contributed by atoms with Crippen LogP contribution in [0, 0.1) is 0 Å². The molecule has 0 rings (SSSR count). The topological polar surface area (TPSA) is 78.9 Å². The Morgan fingerprint density at radius 3 is 0.922 bits per heavy atom. The lowest BCUT2D eigenvalue weighted by atomic mass is 10.1. The maximum atomic E-state index is 12.9. The Kier molecular flexibility index (Phi) is 60.4. The molecule has 1 unspecified atom stereocenters. The molecule has 0 aliphatic carbocycles. The van der Waals surface area contributed by atoms with Gasteiger partial charge in [0.2, 0.25) is 0 Å². The Balaban J connectivity index is 4.44. The fourth-order valence-corrected chi connectivity index (χ4v) is 8.48. The molecule has 77 heavy (non-hydrogen) atoms. The van der Waals surface area contributed by atoms with Crippen molar-refractivity contribution in [3.05, 3.63) is 134 Å². The van der Waals surface area contributed by atoms with Gasteiger partial charge in [-0.3, -0.25) is 14.4 Å². The van der Waals surface area contributed by atoms with E-state index in [2.05, 4.69) is 142 Å². The number of hydrogen-bond donors (Lipinski definition) is 0. The molecule has 0 saturated carbocycles. The van der Waals surface area contributed by atoms with Crippen molar-refractivity contribution in [1.29, 1.82) is 0 Å². The predicted octanol–water partition coefficient (Wildman–Crippen LogP) is 21.8. The summed E-state index contributed by atoms with van der Waals surface area (Å²) in [6.45, 7) is 6.32. The molecule has 436 valence electrons. The highest BCUT2D eigenvalue weighted by Crippen LogP contribution is 2.15. The first-order valence-electron chi connectivity index (χ1n) is 31.7. The molecule has 0 aromatic rings. The minimum Gasteiger partial charge on any atom is -0.462 e. The maximum absolute atomic E-state index is 12.9. The van der Waals surface area contributed by atoms with Crippen LogP contribution in [0.5, 0.6) is 0 Å². The number of hydrogen-bond acceptors (Lipinski definition) is 6. The van der Waals surface area contributed by atoms with Gasteiger partial charge in [0.05, 0.1) is 6.42 Å². The van der Waals surface area contributed by atoms with Crippen LogP contribution < -0.4 is 0 Å². The average Bonchev–Trinajstić information content (AvgIpc) is 3.43. The van der Waals surface area contributed by atoms with Crippen molar-refractivity contribution in [3.8, 4) is 0 Å². The summed E-state index contributed by atoms with van der Waals surface area (Å²) in [4.78, 5) is 38.3. The van der Waals surface area contributed by atoms with Crippen LogP contribution in [0.3, 0.4) is 0 Å². The number of carbonyl (C=O) groups is 3. The first kappa shape index (κ1) is 72.5. The minimum absolute atomic E-state index is 0.115. The van der Waals surface area contributed by atoms with E-state index in [9.17, 15) is 14.4 Å². The molecule has 0 aromatic carbocycles. The number of esters is 3. The van der Waals surface area contributed by atoms with E-state index >= 15 is 0 Å². The molecule has 6 heteroatoms. The largest absolute Gasteiger partial charge is 0.462 e. The van der Waals surface area contributed by atoms with Gasteiger partial charge in [-0.2, -0.15) is 0 Å². The Hall–Kier alpha value is -4.45. The van der Waals surface area contributed by atoms with Gasteiger partial charge in [-0.1, -0.05) is 276 Å². The third-order valence-electron chi connectivity index (χ3n) is 13.2. The van der Waals surface area contributed by atoms with Crippen LogP contribution in [-0.2, 0) is 28.6 Å².